The van der Waals surface area contributed by atoms with Crippen molar-refractivity contribution in [2.24, 2.45) is 0 Å². The molecule has 1 aromatic carbocycles. The highest BCUT2D eigenvalue weighted by Crippen LogP contribution is 2.29. The quantitative estimate of drug-likeness (QED) is 0.581. The molecule has 0 spiro atoms. The number of amides is 1. The van der Waals surface area contributed by atoms with Gasteiger partial charge in [0.15, 0.2) is 5.88 Å². The molecular formula is C16H20F3NO3Si. The van der Waals surface area contributed by atoms with Crippen molar-refractivity contribution in [1.29, 1.82) is 0 Å². The second-order valence-corrected chi connectivity index (χ2v) is 11.0. The Morgan fingerprint density at radius 2 is 1.96 bits per heavy atom. The SMILES string of the molecule is C[Si](C)(C)O/C(=C\C(F)(F)F)N1C(=O)OC[C@@H]1Cc1ccccc1. The smallest absolute Gasteiger partial charge is 0.417 e. The van der Waals surface area contributed by atoms with Crippen molar-refractivity contribution in [3.8, 4) is 0 Å². The minimum atomic E-state index is -4.59. The molecule has 1 atom stereocenters. The number of halogens is 3. The third-order valence-electron chi connectivity index (χ3n) is 3.21. The predicted molar refractivity (Wildman–Crippen MR) is 85.7 cm³/mol. The number of cyclic esters (lactones) is 1. The molecular weight excluding hydrogens is 339 g/mol. The molecule has 0 saturated carbocycles. The molecule has 1 heterocycles. The van der Waals surface area contributed by atoms with Crippen molar-refractivity contribution < 1.29 is 27.1 Å². The average Bonchev–Trinajstić information content (AvgIpc) is 2.77. The van der Waals surface area contributed by atoms with Gasteiger partial charge in [0.1, 0.15) is 6.61 Å². The average molecular weight is 359 g/mol. The zero-order valence-corrected chi connectivity index (χ0v) is 14.8. The second-order valence-electron chi connectivity index (χ2n) is 6.53. The Hall–Kier alpha value is -1.96. The number of rotatable bonds is 5. The molecule has 132 valence electrons. The fraction of sp³-hybridized carbons (Fsp3) is 0.438. The van der Waals surface area contributed by atoms with E-state index in [1.165, 1.54) is 0 Å². The van der Waals surface area contributed by atoms with Crippen LogP contribution in [0.3, 0.4) is 0 Å². The van der Waals surface area contributed by atoms with E-state index in [4.69, 9.17) is 9.16 Å². The number of nitrogens with zero attached hydrogens (tertiary/aromatic N) is 1. The maximum absolute atomic E-state index is 12.9. The van der Waals surface area contributed by atoms with Gasteiger partial charge in [0.05, 0.1) is 12.1 Å². The third-order valence-corrected chi connectivity index (χ3v) is 4.03. The maximum Gasteiger partial charge on any atom is 0.417 e. The molecule has 8 heteroatoms. The predicted octanol–water partition coefficient (Wildman–Crippen LogP) is 4.31. The maximum atomic E-state index is 12.9. The van der Waals surface area contributed by atoms with Gasteiger partial charge in [-0.15, -0.1) is 0 Å². The monoisotopic (exact) mass is 359 g/mol. The van der Waals surface area contributed by atoms with Crippen LogP contribution in [0.25, 0.3) is 0 Å². The first-order valence-electron chi connectivity index (χ1n) is 7.54. The van der Waals surface area contributed by atoms with E-state index in [0.29, 0.717) is 6.42 Å². The van der Waals surface area contributed by atoms with Crippen LogP contribution in [0.4, 0.5) is 18.0 Å². The van der Waals surface area contributed by atoms with E-state index in [9.17, 15) is 18.0 Å². The zero-order valence-electron chi connectivity index (χ0n) is 13.8. The number of carbonyl (C=O) groups excluding carboxylic acids is 1. The molecule has 0 aliphatic carbocycles. The van der Waals surface area contributed by atoms with Gasteiger partial charge in [-0.25, -0.2) is 9.69 Å². The summed E-state index contributed by atoms with van der Waals surface area (Å²) in [5, 5.41) is 0. The minimum Gasteiger partial charge on any atom is -0.532 e. The van der Waals surface area contributed by atoms with Gasteiger partial charge in [0.25, 0.3) is 0 Å². The number of benzene rings is 1. The fourth-order valence-electron chi connectivity index (χ4n) is 2.37. The molecule has 1 fully saturated rings. The van der Waals surface area contributed by atoms with Gasteiger partial charge in [0.2, 0.25) is 8.32 Å². The first-order chi connectivity index (χ1) is 11.1. The Morgan fingerprint density at radius 1 is 1.33 bits per heavy atom. The van der Waals surface area contributed by atoms with Crippen LogP contribution in [0.2, 0.25) is 19.6 Å². The van der Waals surface area contributed by atoms with E-state index in [2.05, 4.69) is 0 Å². The van der Waals surface area contributed by atoms with Gasteiger partial charge in [-0.05, 0) is 31.6 Å². The molecule has 0 N–H and O–H groups in total. The van der Waals surface area contributed by atoms with Crippen LogP contribution in [0.5, 0.6) is 0 Å². The van der Waals surface area contributed by atoms with Gasteiger partial charge in [0, 0.05) is 0 Å². The molecule has 0 unspecified atom stereocenters. The number of hydrogen-bond acceptors (Lipinski definition) is 3. The van der Waals surface area contributed by atoms with Gasteiger partial charge in [-0.3, -0.25) is 0 Å². The fourth-order valence-corrected chi connectivity index (χ4v) is 3.15. The van der Waals surface area contributed by atoms with Crippen LogP contribution >= 0.6 is 0 Å². The largest absolute Gasteiger partial charge is 0.532 e. The number of alkyl halides is 3. The highest BCUT2D eigenvalue weighted by atomic mass is 28.4. The molecule has 1 amide bonds. The summed E-state index contributed by atoms with van der Waals surface area (Å²) in [5.74, 6) is -0.481. The Labute approximate surface area is 140 Å². The van der Waals surface area contributed by atoms with Crippen molar-refractivity contribution in [2.75, 3.05) is 6.61 Å². The molecule has 1 saturated heterocycles. The molecule has 1 aliphatic heterocycles. The molecule has 24 heavy (non-hydrogen) atoms. The molecule has 0 aromatic heterocycles. The summed E-state index contributed by atoms with van der Waals surface area (Å²) in [7, 11) is -2.36. The first kappa shape index (κ1) is 18.4. The lowest BCUT2D eigenvalue weighted by Crippen LogP contribution is -2.40. The summed E-state index contributed by atoms with van der Waals surface area (Å²) in [6.07, 6.45) is -4.98. The first-order valence-corrected chi connectivity index (χ1v) is 10.9. The minimum absolute atomic E-state index is 0.0258. The zero-order chi connectivity index (χ0) is 18.0. The van der Waals surface area contributed by atoms with Gasteiger partial charge >= 0.3 is 12.3 Å². The summed E-state index contributed by atoms with van der Waals surface area (Å²) < 4.78 is 49.2. The number of allylic oxidation sites excluding steroid dienone is 1. The highest BCUT2D eigenvalue weighted by Gasteiger charge is 2.40. The standard InChI is InChI=1S/C16H20F3NO3Si/c1-24(2,3)23-14(10-16(17,18)19)20-13(11-22-15(20)21)9-12-7-5-4-6-8-12/h4-8,10,13H,9,11H2,1-3H3/b14-10-/t13-/m0/s1. The normalized spacial score (nSPS) is 19.4. The summed E-state index contributed by atoms with van der Waals surface area (Å²) in [6.45, 7) is 5.29. The van der Waals surface area contributed by atoms with Crippen LogP contribution in [-0.2, 0) is 15.6 Å². The number of hydrogen-bond donors (Lipinski definition) is 0. The Balaban J connectivity index is 2.30. The summed E-state index contributed by atoms with van der Waals surface area (Å²) in [6, 6.07) is 8.69. The number of ether oxygens (including phenoxy) is 1. The molecule has 2 rings (SSSR count). The summed E-state index contributed by atoms with van der Waals surface area (Å²) in [5.41, 5.74) is 0.908. The van der Waals surface area contributed by atoms with Crippen molar-refractivity contribution in [2.45, 2.75) is 38.3 Å². The van der Waals surface area contributed by atoms with Crippen LogP contribution < -0.4 is 0 Å². The van der Waals surface area contributed by atoms with Gasteiger partial charge in [-0.1, -0.05) is 30.3 Å². The molecule has 0 bridgehead atoms. The van der Waals surface area contributed by atoms with E-state index < -0.39 is 32.5 Å². The van der Waals surface area contributed by atoms with Crippen molar-refractivity contribution in [3.05, 3.63) is 47.9 Å². The summed E-state index contributed by atoms with van der Waals surface area (Å²) >= 11 is 0. The molecule has 1 aromatic rings. The molecule has 4 nitrogen and oxygen atoms in total. The van der Waals surface area contributed by atoms with E-state index in [-0.39, 0.29) is 12.7 Å². The van der Waals surface area contributed by atoms with Crippen LogP contribution in [-0.4, -0.2) is 38.1 Å². The van der Waals surface area contributed by atoms with Crippen molar-refractivity contribution in [1.82, 2.24) is 4.90 Å². The highest BCUT2D eigenvalue weighted by molar-refractivity contribution is 6.70. The van der Waals surface area contributed by atoms with E-state index >= 15 is 0 Å². The van der Waals surface area contributed by atoms with Crippen LogP contribution in [0.15, 0.2) is 42.3 Å². The molecule has 1 aliphatic rings. The topological polar surface area (TPSA) is 38.8 Å². The Morgan fingerprint density at radius 3 is 2.50 bits per heavy atom. The van der Waals surface area contributed by atoms with Gasteiger partial charge in [-0.2, -0.15) is 13.2 Å². The lowest BCUT2D eigenvalue weighted by atomic mass is 10.1. The molecule has 0 radical (unpaired) electrons. The van der Waals surface area contributed by atoms with Gasteiger partial charge < -0.3 is 9.16 Å². The van der Waals surface area contributed by atoms with Crippen LogP contribution in [0.1, 0.15) is 5.56 Å². The van der Waals surface area contributed by atoms with E-state index in [1.807, 2.05) is 30.3 Å². The lowest BCUT2D eigenvalue weighted by molar-refractivity contribution is -0.0835. The third kappa shape index (κ3) is 5.29. The lowest BCUT2D eigenvalue weighted by Gasteiger charge is -2.29. The van der Waals surface area contributed by atoms with E-state index in [0.717, 1.165) is 10.5 Å². The Bertz CT molecular complexity index is 611. The number of carbonyl (C=O) groups is 1. The van der Waals surface area contributed by atoms with E-state index in [1.54, 1.807) is 19.6 Å². The van der Waals surface area contributed by atoms with Crippen molar-refractivity contribution in [3.63, 3.8) is 0 Å². The summed E-state index contributed by atoms with van der Waals surface area (Å²) in [4.78, 5) is 13.0. The van der Waals surface area contributed by atoms with Crippen LogP contribution in [0, 0.1) is 0 Å². The Kier molecular flexibility index (Phi) is 5.27. The second kappa shape index (κ2) is 6.88. The van der Waals surface area contributed by atoms with Crippen molar-refractivity contribution >= 4 is 14.4 Å².